The van der Waals surface area contributed by atoms with Crippen molar-refractivity contribution < 1.29 is 37.3 Å². The highest BCUT2D eigenvalue weighted by Gasteiger charge is 2.38. The van der Waals surface area contributed by atoms with Gasteiger partial charge in [0.2, 0.25) is 11.9 Å². The molecule has 5 aliphatic rings. The third-order valence-electron chi connectivity index (χ3n) is 12.2. The van der Waals surface area contributed by atoms with Gasteiger partial charge >= 0.3 is 12.1 Å². The molecular formula is C55H72F3IN14O5. The van der Waals surface area contributed by atoms with Crippen molar-refractivity contribution in [3.63, 3.8) is 0 Å². The van der Waals surface area contributed by atoms with Crippen LogP contribution in [0.1, 0.15) is 74.7 Å². The van der Waals surface area contributed by atoms with E-state index in [1.165, 1.54) is 95.1 Å². The number of carbonyl (C=O) groups excluding carboxylic acids is 1. The predicted octanol–water partition coefficient (Wildman–Crippen LogP) is 10.4. The number of carboxylic acid groups (broad SMARTS) is 1. The molecule has 0 bridgehead atoms. The third kappa shape index (κ3) is 21.8. The average Bonchev–Trinajstić information content (AvgIpc) is 4.33. The summed E-state index contributed by atoms with van der Waals surface area (Å²) < 4.78 is 45.4. The number of hydrogen-bond donors (Lipinski definition) is 5. The van der Waals surface area contributed by atoms with Gasteiger partial charge in [-0.25, -0.2) is 19.4 Å². The highest BCUT2D eigenvalue weighted by atomic mass is 127. The molecule has 3 aromatic heterocycles. The lowest BCUT2D eigenvalue weighted by atomic mass is 10.2. The zero-order valence-corrected chi connectivity index (χ0v) is 47.4. The first kappa shape index (κ1) is 61.9. The summed E-state index contributed by atoms with van der Waals surface area (Å²) in [6, 6.07) is 15.5. The molecule has 78 heavy (non-hydrogen) atoms. The maximum absolute atomic E-state index is 10.6. The Morgan fingerprint density at radius 3 is 1.64 bits per heavy atom. The Labute approximate surface area is 468 Å². The number of aryl methyl sites for hydroxylation is 2. The second-order valence-corrected chi connectivity index (χ2v) is 19.5. The molecule has 420 valence electrons. The maximum Gasteiger partial charge on any atom is 0.490 e. The fourth-order valence-corrected chi connectivity index (χ4v) is 8.99. The van der Waals surface area contributed by atoms with E-state index in [1.807, 2.05) is 93.6 Å². The fraction of sp³-hybridized carbons (Fsp3) is 0.436. The van der Waals surface area contributed by atoms with Crippen molar-refractivity contribution in [1.29, 1.82) is 0 Å². The highest BCUT2D eigenvalue weighted by Crippen LogP contribution is 2.29. The first-order valence-electron chi connectivity index (χ1n) is 25.8. The Kier molecular flexibility index (Phi) is 25.9. The zero-order valence-electron chi connectivity index (χ0n) is 45.2. The van der Waals surface area contributed by atoms with Gasteiger partial charge in [-0.1, -0.05) is 44.3 Å². The Bertz CT molecular complexity index is 2800. The van der Waals surface area contributed by atoms with E-state index in [9.17, 15) is 18.0 Å². The Hall–Kier alpha value is -6.99. The van der Waals surface area contributed by atoms with Crippen molar-refractivity contribution in [1.82, 2.24) is 39.5 Å². The average molecular weight is 1190 g/mol. The van der Waals surface area contributed by atoms with Gasteiger partial charge in [-0.05, 0) is 130 Å². The minimum absolute atomic E-state index is 0.542. The molecule has 7 heterocycles. The van der Waals surface area contributed by atoms with Crippen LogP contribution in [0.2, 0.25) is 0 Å². The summed E-state index contributed by atoms with van der Waals surface area (Å²) in [6.45, 7) is 12.4. The molecule has 1 saturated carbocycles. The number of hydrogen-bond acceptors (Lipinski definition) is 17. The molecule has 10 rings (SSSR count). The van der Waals surface area contributed by atoms with Gasteiger partial charge < -0.3 is 35.8 Å². The third-order valence-corrected chi connectivity index (χ3v) is 13.0. The summed E-state index contributed by atoms with van der Waals surface area (Å²) in [5, 5.41) is 24.2. The van der Waals surface area contributed by atoms with Crippen molar-refractivity contribution in [3.8, 4) is 17.2 Å². The number of aromatic nitrogens is 6. The molecule has 5 N–H and O–H groups in total. The van der Waals surface area contributed by atoms with Crippen molar-refractivity contribution in [2.45, 2.75) is 84.4 Å². The van der Waals surface area contributed by atoms with Gasteiger partial charge in [-0.2, -0.15) is 28.2 Å². The lowest BCUT2D eigenvalue weighted by Gasteiger charge is -2.13. The Morgan fingerprint density at radius 1 is 0.705 bits per heavy atom. The molecule has 4 aliphatic heterocycles. The monoisotopic (exact) mass is 1190 g/mol. The molecule has 0 atom stereocenters. The lowest BCUT2D eigenvalue weighted by molar-refractivity contribution is -0.192. The number of likely N-dealkylation sites (tertiary alicyclic amines) is 2. The summed E-state index contributed by atoms with van der Waals surface area (Å²) in [4.78, 5) is 49.3. The quantitative estimate of drug-likeness (QED) is 0.0515. The van der Waals surface area contributed by atoms with Crippen LogP contribution in [0, 0.1) is 17.4 Å². The number of anilines is 6. The second kappa shape index (κ2) is 32.7. The number of rotatable bonds is 14. The first-order valence-corrected chi connectivity index (χ1v) is 26.9. The van der Waals surface area contributed by atoms with Crippen LogP contribution < -0.4 is 30.7 Å². The van der Waals surface area contributed by atoms with E-state index >= 15 is 0 Å². The molecule has 0 unspecified atom stereocenters. The Morgan fingerprint density at radius 2 is 1.21 bits per heavy atom. The summed E-state index contributed by atoms with van der Waals surface area (Å²) in [5.41, 5.74) is 7.76. The number of benzene rings is 2. The number of carbonyl (C=O) groups is 2. The van der Waals surface area contributed by atoms with Crippen molar-refractivity contribution >= 4 is 82.2 Å². The standard InChI is InChI=1S/C21H27N7O.C13H15IN4O.C9H14N2.C5H5NO.C5H10.C2HF3O2/c1-15-10-20(22-2)26-21(24-15)25-17-6-7-19(29-3)18(11-17)28-14-16(12-23-28)13-27-8-4-5-9-27;1-8-6-12(15-2)18-13(16-8)17-9-4-5-11(19-3)10(14)7-9;1-2-6-11(5-1)8-9-3-4-10-7-9;7-4-5-1-2-6-3-5;1-2-4-5-3-1;3-2(4,5)1(6)7/h6-7,10-12,14H,4-5,8-9,13H2,1-3H3,(H2,22,24,25,26);4-7H,1-3H3,(H2,15,16,17,18);3,7H,1-2,4-6,8H2;1,3-4H,2H2;1-5H2;(H,6,7). The number of nitrogens with one attached hydrogen (secondary N) is 4. The molecule has 1 aliphatic carbocycles. The van der Waals surface area contributed by atoms with E-state index in [-0.39, 0.29) is 0 Å². The number of methoxy groups -OCH3 is 2. The minimum Gasteiger partial charge on any atom is -0.496 e. The van der Waals surface area contributed by atoms with Crippen LogP contribution in [-0.2, 0) is 16.1 Å². The number of nitrogens with zero attached hydrogens (tertiary/aromatic N) is 10. The first-order chi connectivity index (χ1) is 37.6. The van der Waals surface area contributed by atoms with E-state index in [4.69, 9.17) is 19.4 Å². The minimum atomic E-state index is -5.08. The van der Waals surface area contributed by atoms with E-state index < -0.39 is 12.1 Å². The van der Waals surface area contributed by atoms with Crippen LogP contribution >= 0.6 is 22.6 Å². The highest BCUT2D eigenvalue weighted by molar-refractivity contribution is 14.1. The number of aliphatic imine (C=N–C) groups is 2. The normalized spacial score (nSPS) is 15.3. The molecular weight excluding hydrogens is 1120 g/mol. The number of carboxylic acids is 1. The number of halogens is 4. The van der Waals surface area contributed by atoms with Crippen LogP contribution in [0.25, 0.3) is 5.69 Å². The SMILES string of the molecule is C1=NCC=C1CN1CCCC1.C1CCCC1.CNc1cc(C)nc(Nc2ccc(OC)c(-n3cc(CN4CCCC4)cn3)c2)n1.CNc1cc(C)nc(Nc2ccc(OC)c(I)c2)n1.O=C(O)C(F)(F)F.O=CC1=CCN=C1. The van der Waals surface area contributed by atoms with E-state index in [0.29, 0.717) is 24.0 Å². The summed E-state index contributed by atoms with van der Waals surface area (Å²) in [7, 11) is 7.01. The van der Waals surface area contributed by atoms with Crippen LogP contribution in [0.3, 0.4) is 0 Å². The lowest BCUT2D eigenvalue weighted by Crippen LogP contribution is -2.21. The van der Waals surface area contributed by atoms with Gasteiger partial charge in [0.15, 0.2) is 6.29 Å². The predicted molar refractivity (Wildman–Crippen MR) is 311 cm³/mol. The number of ether oxygens (including phenoxy) is 2. The number of alkyl halides is 3. The van der Waals surface area contributed by atoms with Crippen LogP contribution in [-0.4, -0.2) is 150 Å². The largest absolute Gasteiger partial charge is 0.496 e. The maximum atomic E-state index is 10.6. The topological polar surface area (TPSA) is 222 Å². The van der Waals surface area contributed by atoms with Crippen molar-refractivity contribution in [2.75, 3.05) is 95.4 Å². The van der Waals surface area contributed by atoms with Crippen LogP contribution in [0.4, 0.5) is 48.1 Å². The van der Waals surface area contributed by atoms with E-state index in [0.717, 1.165) is 81.1 Å². The molecule has 0 spiro atoms. The summed E-state index contributed by atoms with van der Waals surface area (Å²) in [6.07, 6.45) is 20.1. The van der Waals surface area contributed by atoms with Crippen LogP contribution in [0.5, 0.6) is 11.5 Å². The molecule has 0 amide bonds. The fourth-order valence-electron chi connectivity index (χ4n) is 8.25. The van der Waals surface area contributed by atoms with Gasteiger partial charge in [0, 0.05) is 91.8 Å². The Balaban J connectivity index is 0.000000194. The van der Waals surface area contributed by atoms with Gasteiger partial charge in [0.05, 0.1) is 37.1 Å². The molecule has 19 nitrogen and oxygen atoms in total. The van der Waals surface area contributed by atoms with Crippen molar-refractivity contribution in [3.05, 3.63) is 105 Å². The van der Waals surface area contributed by atoms with Gasteiger partial charge in [0.25, 0.3) is 0 Å². The summed E-state index contributed by atoms with van der Waals surface area (Å²) >= 11 is 2.23. The van der Waals surface area contributed by atoms with Gasteiger partial charge in [0.1, 0.15) is 28.8 Å². The molecule has 23 heteroatoms. The van der Waals surface area contributed by atoms with Crippen molar-refractivity contribution in [2.24, 2.45) is 9.98 Å². The van der Waals surface area contributed by atoms with E-state index in [2.05, 4.69) is 101 Å². The number of aliphatic carboxylic acids is 1. The molecule has 0 radical (unpaired) electrons. The van der Waals surface area contributed by atoms with Gasteiger partial charge in [-0.15, -0.1) is 0 Å². The van der Waals surface area contributed by atoms with E-state index in [1.54, 1.807) is 26.5 Å². The zero-order chi connectivity index (χ0) is 56.3. The molecule has 2 aromatic carbocycles. The number of allylic oxidation sites excluding steroid dienone is 1. The smallest absolute Gasteiger partial charge is 0.490 e. The van der Waals surface area contributed by atoms with Crippen LogP contribution in [0.15, 0.2) is 94.2 Å². The number of aldehydes is 1. The molecule has 5 aromatic rings. The molecule has 2 saturated heterocycles. The molecule has 3 fully saturated rings. The second-order valence-electron chi connectivity index (χ2n) is 18.3. The van der Waals surface area contributed by atoms with Gasteiger partial charge in [-0.3, -0.25) is 24.6 Å². The summed E-state index contributed by atoms with van der Waals surface area (Å²) in [5.74, 6) is 1.53.